The lowest BCUT2D eigenvalue weighted by Gasteiger charge is -2.11. The minimum absolute atomic E-state index is 0.00940. The van der Waals surface area contributed by atoms with Crippen LogP contribution in [0.3, 0.4) is 0 Å². The Balaban J connectivity index is 1.78. The molecule has 0 saturated carbocycles. The van der Waals surface area contributed by atoms with Crippen molar-refractivity contribution in [2.24, 2.45) is 0 Å². The molecule has 140 valence electrons. The summed E-state index contributed by atoms with van der Waals surface area (Å²) in [5.41, 5.74) is 1.15. The van der Waals surface area contributed by atoms with Crippen molar-refractivity contribution in [3.8, 4) is 22.9 Å². The van der Waals surface area contributed by atoms with E-state index in [9.17, 15) is 19.4 Å². The second-order valence-corrected chi connectivity index (χ2v) is 6.09. The molecule has 0 aliphatic heterocycles. The second kappa shape index (κ2) is 7.06. The molecule has 0 aliphatic carbocycles. The molecule has 2 aromatic carbocycles. The van der Waals surface area contributed by atoms with E-state index in [0.717, 1.165) is 0 Å². The first-order valence-electron chi connectivity index (χ1n) is 8.10. The molecule has 3 rings (SSSR count). The molecule has 0 saturated heterocycles. The number of aromatic nitrogens is 2. The Kier molecular flexibility index (Phi) is 4.81. The quantitative estimate of drug-likeness (QED) is 0.530. The predicted octanol–water partition coefficient (Wildman–Crippen LogP) is 3.82. The Labute approximate surface area is 154 Å². The lowest BCUT2D eigenvalue weighted by atomic mass is 10.1. The molecule has 27 heavy (non-hydrogen) atoms. The monoisotopic (exact) mass is 372 g/mol. The minimum atomic E-state index is -0.920. The normalized spacial score (nSPS) is 12.0. The maximum atomic E-state index is 13.7. The van der Waals surface area contributed by atoms with Crippen LogP contribution < -0.4 is 0 Å². The highest BCUT2D eigenvalue weighted by atomic mass is 19.1. The van der Waals surface area contributed by atoms with E-state index in [-0.39, 0.29) is 17.3 Å². The van der Waals surface area contributed by atoms with Gasteiger partial charge in [-0.05, 0) is 44.0 Å². The van der Waals surface area contributed by atoms with E-state index in [1.807, 2.05) is 0 Å². The predicted molar refractivity (Wildman–Crippen MR) is 92.8 cm³/mol. The van der Waals surface area contributed by atoms with Gasteiger partial charge in [0, 0.05) is 5.56 Å². The molecule has 3 aromatic rings. The summed E-state index contributed by atoms with van der Waals surface area (Å²) in [6.07, 6.45) is -0.920. The van der Waals surface area contributed by atoms with Gasteiger partial charge in [0.15, 0.2) is 17.6 Å². The van der Waals surface area contributed by atoms with Crippen LogP contribution in [-0.4, -0.2) is 26.3 Å². The van der Waals surface area contributed by atoms with E-state index in [1.165, 1.54) is 25.1 Å². The number of aromatic hydroxyl groups is 2. The summed E-state index contributed by atoms with van der Waals surface area (Å²) < 4.78 is 24.0. The molecule has 0 radical (unpaired) electrons. The number of rotatable bonds is 4. The van der Waals surface area contributed by atoms with Gasteiger partial charge in [0.25, 0.3) is 5.89 Å². The zero-order chi connectivity index (χ0) is 19.7. The molecule has 7 nitrogen and oxygen atoms in total. The molecule has 0 spiro atoms. The average molecular weight is 372 g/mol. The van der Waals surface area contributed by atoms with Gasteiger partial charge in [0.2, 0.25) is 5.82 Å². The van der Waals surface area contributed by atoms with Gasteiger partial charge in [-0.1, -0.05) is 23.4 Å². The fourth-order valence-corrected chi connectivity index (χ4v) is 2.37. The number of aryl methyl sites for hydroxylation is 2. The molecule has 0 amide bonds. The highest BCUT2D eigenvalue weighted by Gasteiger charge is 2.23. The Morgan fingerprint density at radius 3 is 2.56 bits per heavy atom. The van der Waals surface area contributed by atoms with Gasteiger partial charge >= 0.3 is 5.97 Å². The van der Waals surface area contributed by atoms with Crippen molar-refractivity contribution in [1.82, 2.24) is 10.1 Å². The summed E-state index contributed by atoms with van der Waals surface area (Å²) in [4.78, 5) is 16.4. The minimum Gasteiger partial charge on any atom is -0.504 e. The molecule has 1 atom stereocenters. The van der Waals surface area contributed by atoms with E-state index in [4.69, 9.17) is 9.26 Å². The molecular weight excluding hydrogens is 355 g/mol. The molecule has 0 aliphatic rings. The zero-order valence-electron chi connectivity index (χ0n) is 14.9. The van der Waals surface area contributed by atoms with Gasteiger partial charge in [-0.25, -0.2) is 9.18 Å². The van der Waals surface area contributed by atoms with Crippen molar-refractivity contribution < 1.29 is 28.7 Å². The summed E-state index contributed by atoms with van der Waals surface area (Å²) in [6.45, 7) is 4.73. The zero-order valence-corrected chi connectivity index (χ0v) is 14.9. The molecule has 1 aromatic heterocycles. The van der Waals surface area contributed by atoms with Gasteiger partial charge < -0.3 is 19.5 Å². The number of nitrogens with zero attached hydrogens (tertiary/aromatic N) is 2. The van der Waals surface area contributed by atoms with Crippen molar-refractivity contribution in [2.75, 3.05) is 0 Å². The molecule has 1 heterocycles. The van der Waals surface area contributed by atoms with E-state index in [0.29, 0.717) is 16.7 Å². The van der Waals surface area contributed by atoms with E-state index < -0.39 is 29.4 Å². The summed E-state index contributed by atoms with van der Waals surface area (Å²) >= 11 is 0. The van der Waals surface area contributed by atoms with Crippen LogP contribution in [0.2, 0.25) is 0 Å². The molecule has 0 fully saturated rings. The lowest BCUT2D eigenvalue weighted by Crippen LogP contribution is -2.10. The molecule has 0 bridgehead atoms. The number of benzene rings is 2. The van der Waals surface area contributed by atoms with Crippen LogP contribution in [0.4, 0.5) is 4.39 Å². The summed E-state index contributed by atoms with van der Waals surface area (Å²) in [7, 11) is 0. The number of ether oxygens (including phenoxy) is 1. The van der Waals surface area contributed by atoms with Gasteiger partial charge in [0.1, 0.15) is 11.4 Å². The average Bonchev–Trinajstić information content (AvgIpc) is 3.12. The number of hydrogen-bond acceptors (Lipinski definition) is 7. The first-order valence-corrected chi connectivity index (χ1v) is 8.10. The van der Waals surface area contributed by atoms with Crippen molar-refractivity contribution in [2.45, 2.75) is 26.9 Å². The number of hydrogen-bond donors (Lipinski definition) is 2. The Morgan fingerprint density at radius 2 is 1.85 bits per heavy atom. The van der Waals surface area contributed by atoms with Gasteiger partial charge in [-0.3, -0.25) is 0 Å². The fourth-order valence-electron chi connectivity index (χ4n) is 2.37. The largest absolute Gasteiger partial charge is 0.504 e. The number of esters is 1. The number of carbonyl (C=O) groups is 1. The summed E-state index contributed by atoms with van der Waals surface area (Å²) in [5.74, 6) is -2.05. The van der Waals surface area contributed by atoms with Crippen LogP contribution in [0.5, 0.6) is 11.5 Å². The van der Waals surface area contributed by atoms with E-state index in [1.54, 1.807) is 26.0 Å². The summed E-state index contributed by atoms with van der Waals surface area (Å²) in [5, 5.41) is 23.4. The van der Waals surface area contributed by atoms with Crippen LogP contribution in [0.15, 0.2) is 34.9 Å². The fraction of sp³-hybridized carbons (Fsp3) is 0.211. The molecular formula is C19H17FN2O5. The van der Waals surface area contributed by atoms with Crippen molar-refractivity contribution in [1.29, 1.82) is 0 Å². The van der Waals surface area contributed by atoms with Crippen LogP contribution in [0.1, 0.15) is 40.4 Å². The highest BCUT2D eigenvalue weighted by Crippen LogP contribution is 2.33. The SMILES string of the molecule is Cc1ccc(-c2noc(C(C)OC(=O)c3ccc(C)c(O)c3O)n2)cc1F. The van der Waals surface area contributed by atoms with Gasteiger partial charge in [-0.15, -0.1) is 0 Å². The van der Waals surface area contributed by atoms with Crippen molar-refractivity contribution in [3.05, 3.63) is 58.7 Å². The molecule has 2 N–H and O–H groups in total. The van der Waals surface area contributed by atoms with E-state index >= 15 is 0 Å². The third kappa shape index (κ3) is 3.59. The Hall–Kier alpha value is -3.42. The van der Waals surface area contributed by atoms with Crippen molar-refractivity contribution >= 4 is 5.97 Å². The third-order valence-electron chi connectivity index (χ3n) is 4.08. The second-order valence-electron chi connectivity index (χ2n) is 6.09. The lowest BCUT2D eigenvalue weighted by molar-refractivity contribution is 0.0261. The maximum Gasteiger partial charge on any atom is 0.342 e. The topological polar surface area (TPSA) is 106 Å². The number of phenols is 2. The molecule has 8 heteroatoms. The number of halogens is 1. The first-order chi connectivity index (χ1) is 12.8. The van der Waals surface area contributed by atoms with Crippen LogP contribution in [0, 0.1) is 19.7 Å². The van der Waals surface area contributed by atoms with E-state index in [2.05, 4.69) is 10.1 Å². The number of carbonyl (C=O) groups excluding carboxylic acids is 1. The van der Waals surface area contributed by atoms with Gasteiger partial charge in [0.05, 0.1) is 0 Å². The molecule has 1 unspecified atom stereocenters. The smallest absolute Gasteiger partial charge is 0.342 e. The standard InChI is InChI=1S/C19H17FN2O5/c1-9-4-6-12(8-14(9)20)17-21-18(27-22-17)11(3)26-19(25)13-7-5-10(2)15(23)16(13)24/h4-8,11,23-24H,1-3H3. The Morgan fingerprint density at radius 1 is 1.15 bits per heavy atom. The summed E-state index contributed by atoms with van der Waals surface area (Å²) in [6, 6.07) is 7.35. The van der Waals surface area contributed by atoms with Crippen LogP contribution in [-0.2, 0) is 4.74 Å². The van der Waals surface area contributed by atoms with Crippen LogP contribution >= 0.6 is 0 Å². The number of phenolic OH excluding ortho intramolecular Hbond substituents is 2. The highest BCUT2D eigenvalue weighted by molar-refractivity contribution is 5.93. The van der Waals surface area contributed by atoms with Crippen molar-refractivity contribution in [3.63, 3.8) is 0 Å². The third-order valence-corrected chi connectivity index (χ3v) is 4.08. The maximum absolute atomic E-state index is 13.7. The first kappa shape index (κ1) is 18.4. The van der Waals surface area contributed by atoms with Gasteiger partial charge in [-0.2, -0.15) is 4.98 Å². The van der Waals surface area contributed by atoms with Crippen LogP contribution in [0.25, 0.3) is 11.4 Å². The Bertz CT molecular complexity index is 1020.